The van der Waals surface area contributed by atoms with Crippen LogP contribution in [0.3, 0.4) is 0 Å². The molecule has 1 saturated heterocycles. The predicted octanol–water partition coefficient (Wildman–Crippen LogP) is 2.23. The molecule has 1 unspecified atom stereocenters. The van der Waals surface area contributed by atoms with Crippen LogP contribution in [0.25, 0.3) is 0 Å². The van der Waals surface area contributed by atoms with Crippen molar-refractivity contribution in [2.24, 2.45) is 0 Å². The third kappa shape index (κ3) is 3.70. The Bertz CT molecular complexity index is 991. The molecule has 31 heavy (non-hydrogen) atoms. The fourth-order valence-corrected chi connectivity index (χ4v) is 4.51. The summed E-state index contributed by atoms with van der Waals surface area (Å²) in [6, 6.07) is 16.6. The minimum atomic E-state index is -1.35. The van der Waals surface area contributed by atoms with E-state index in [4.69, 9.17) is 0 Å². The van der Waals surface area contributed by atoms with Crippen LogP contribution in [0.2, 0.25) is 0 Å². The van der Waals surface area contributed by atoms with Gasteiger partial charge in [-0.2, -0.15) is 0 Å². The average Bonchev–Trinajstić information content (AvgIpc) is 3.13. The van der Waals surface area contributed by atoms with E-state index in [1.54, 1.807) is 34.1 Å². The fraction of sp³-hybridized carbons (Fsp3) is 0.375. The lowest BCUT2D eigenvalue weighted by molar-refractivity contribution is -0.134. The number of nitrogens with one attached hydrogen (secondary N) is 1. The number of hydrogen-bond acceptors (Lipinski definition) is 4. The largest absolute Gasteiger partial charge is 0.352 e. The molecule has 4 rings (SSSR count). The highest BCUT2D eigenvalue weighted by Crippen LogP contribution is 2.45. The lowest BCUT2D eigenvalue weighted by Crippen LogP contribution is -2.70. The van der Waals surface area contributed by atoms with Crippen molar-refractivity contribution in [2.45, 2.75) is 31.5 Å². The molecule has 7 heteroatoms. The molecule has 2 aliphatic heterocycles. The summed E-state index contributed by atoms with van der Waals surface area (Å²) in [5, 5.41) is 3.00. The van der Waals surface area contributed by atoms with Crippen LogP contribution < -0.4 is 10.2 Å². The lowest BCUT2D eigenvalue weighted by Gasteiger charge is -2.49. The predicted molar refractivity (Wildman–Crippen MR) is 118 cm³/mol. The van der Waals surface area contributed by atoms with Crippen LogP contribution in [0.15, 0.2) is 54.6 Å². The molecule has 0 spiro atoms. The zero-order valence-electron chi connectivity index (χ0n) is 18.0. The minimum absolute atomic E-state index is 0.138. The van der Waals surface area contributed by atoms with Crippen molar-refractivity contribution in [3.63, 3.8) is 0 Å². The topological polar surface area (TPSA) is 73.0 Å². The molecule has 0 aliphatic carbocycles. The zero-order valence-corrected chi connectivity index (χ0v) is 18.0. The Labute approximate surface area is 182 Å². The van der Waals surface area contributed by atoms with Crippen molar-refractivity contribution in [3.05, 3.63) is 65.7 Å². The first-order valence-electron chi connectivity index (χ1n) is 10.7. The molecule has 0 bridgehead atoms. The highest BCUT2D eigenvalue weighted by atomic mass is 16.2. The first kappa shape index (κ1) is 21.1. The Balaban J connectivity index is 1.74. The monoisotopic (exact) mass is 420 g/mol. The molecule has 2 aliphatic rings. The number of anilines is 1. The smallest absolute Gasteiger partial charge is 0.267 e. The van der Waals surface area contributed by atoms with E-state index in [0.29, 0.717) is 17.8 Å². The number of rotatable bonds is 7. The highest BCUT2D eigenvalue weighted by Gasteiger charge is 2.60. The Morgan fingerprint density at radius 2 is 1.77 bits per heavy atom. The van der Waals surface area contributed by atoms with E-state index in [1.807, 2.05) is 44.4 Å². The SMILES string of the molecule is CN(C)CCCNC(=O)C12CCC(=O)N1c1ccccc1C(=O)N2Cc1ccccc1. The highest BCUT2D eigenvalue weighted by molar-refractivity contribution is 6.16. The zero-order chi connectivity index (χ0) is 22.0. The Morgan fingerprint density at radius 3 is 2.52 bits per heavy atom. The second kappa shape index (κ2) is 8.51. The molecule has 162 valence electrons. The number of amides is 3. The quantitative estimate of drug-likeness (QED) is 0.698. The van der Waals surface area contributed by atoms with Crippen molar-refractivity contribution in [3.8, 4) is 0 Å². The maximum atomic E-state index is 13.6. The van der Waals surface area contributed by atoms with Crippen LogP contribution in [0.1, 0.15) is 35.2 Å². The minimum Gasteiger partial charge on any atom is -0.352 e. The van der Waals surface area contributed by atoms with Gasteiger partial charge in [0.2, 0.25) is 11.6 Å². The molecular weight excluding hydrogens is 392 g/mol. The average molecular weight is 421 g/mol. The molecule has 1 N–H and O–H groups in total. The van der Waals surface area contributed by atoms with Gasteiger partial charge in [-0.15, -0.1) is 0 Å². The van der Waals surface area contributed by atoms with Crippen LogP contribution in [-0.2, 0) is 16.1 Å². The fourth-order valence-electron chi connectivity index (χ4n) is 4.51. The van der Waals surface area contributed by atoms with Gasteiger partial charge >= 0.3 is 0 Å². The molecule has 1 atom stereocenters. The third-order valence-electron chi connectivity index (χ3n) is 5.99. The molecule has 3 amide bonds. The van der Waals surface area contributed by atoms with Crippen LogP contribution in [0, 0.1) is 0 Å². The number of para-hydroxylation sites is 1. The van der Waals surface area contributed by atoms with E-state index in [0.717, 1.165) is 18.5 Å². The molecule has 2 aromatic rings. The summed E-state index contributed by atoms with van der Waals surface area (Å²) in [7, 11) is 3.96. The summed E-state index contributed by atoms with van der Waals surface area (Å²) in [6.07, 6.45) is 1.28. The molecule has 0 saturated carbocycles. The molecule has 7 nitrogen and oxygen atoms in total. The number of carbonyl (C=O) groups is 3. The molecule has 2 aromatic carbocycles. The number of nitrogens with zero attached hydrogens (tertiary/aromatic N) is 3. The van der Waals surface area contributed by atoms with Gasteiger partial charge in [-0.25, -0.2) is 0 Å². The first-order chi connectivity index (χ1) is 14.9. The normalized spacial score (nSPS) is 20.1. The van der Waals surface area contributed by atoms with Gasteiger partial charge in [0.25, 0.3) is 11.8 Å². The van der Waals surface area contributed by atoms with Gasteiger partial charge in [0, 0.05) is 25.9 Å². The summed E-state index contributed by atoms with van der Waals surface area (Å²) in [5.41, 5.74) is 0.526. The van der Waals surface area contributed by atoms with Gasteiger partial charge in [0.05, 0.1) is 11.3 Å². The van der Waals surface area contributed by atoms with E-state index in [1.165, 1.54) is 0 Å². The number of fused-ring (bicyclic) bond motifs is 3. The maximum Gasteiger partial charge on any atom is 0.267 e. The van der Waals surface area contributed by atoms with Gasteiger partial charge < -0.3 is 15.1 Å². The molecule has 2 heterocycles. The summed E-state index contributed by atoms with van der Waals surface area (Å²) in [5.74, 6) is -0.661. The van der Waals surface area contributed by atoms with Crippen LogP contribution in [0.4, 0.5) is 5.69 Å². The third-order valence-corrected chi connectivity index (χ3v) is 5.99. The second-order valence-corrected chi connectivity index (χ2v) is 8.35. The van der Waals surface area contributed by atoms with Crippen LogP contribution in [-0.4, -0.2) is 60.4 Å². The number of carbonyl (C=O) groups excluding carboxylic acids is 3. The van der Waals surface area contributed by atoms with Crippen molar-refractivity contribution in [1.82, 2.24) is 15.1 Å². The molecule has 0 aromatic heterocycles. The van der Waals surface area contributed by atoms with E-state index < -0.39 is 5.66 Å². The summed E-state index contributed by atoms with van der Waals surface area (Å²) >= 11 is 0. The van der Waals surface area contributed by atoms with E-state index in [2.05, 4.69) is 10.2 Å². The Morgan fingerprint density at radius 1 is 1.06 bits per heavy atom. The van der Waals surface area contributed by atoms with Crippen molar-refractivity contribution < 1.29 is 14.4 Å². The standard InChI is InChI=1S/C24H28N4O3/c1-26(2)16-8-15-25-23(31)24-14-13-21(29)28(24)20-12-7-6-11-19(20)22(30)27(24)17-18-9-4-3-5-10-18/h3-7,9-12H,8,13-17H2,1-2H3,(H,25,31). The van der Waals surface area contributed by atoms with Gasteiger partial charge in [-0.3, -0.25) is 19.3 Å². The Kier molecular flexibility index (Phi) is 5.78. The van der Waals surface area contributed by atoms with E-state index in [-0.39, 0.29) is 37.1 Å². The van der Waals surface area contributed by atoms with E-state index >= 15 is 0 Å². The molecule has 1 fully saturated rings. The van der Waals surface area contributed by atoms with Crippen molar-refractivity contribution in [2.75, 3.05) is 32.1 Å². The van der Waals surface area contributed by atoms with Gasteiger partial charge in [-0.05, 0) is 44.8 Å². The van der Waals surface area contributed by atoms with Gasteiger partial charge in [-0.1, -0.05) is 42.5 Å². The molecule has 0 radical (unpaired) electrons. The van der Waals surface area contributed by atoms with E-state index in [9.17, 15) is 14.4 Å². The van der Waals surface area contributed by atoms with Crippen molar-refractivity contribution in [1.29, 1.82) is 0 Å². The van der Waals surface area contributed by atoms with Gasteiger partial charge in [0.15, 0.2) is 0 Å². The molecular formula is C24H28N4O3. The number of benzene rings is 2. The summed E-state index contributed by atoms with van der Waals surface area (Å²) < 4.78 is 0. The number of hydrogen-bond donors (Lipinski definition) is 1. The van der Waals surface area contributed by atoms with Crippen LogP contribution in [0.5, 0.6) is 0 Å². The first-order valence-corrected chi connectivity index (χ1v) is 10.7. The summed E-state index contributed by atoms with van der Waals surface area (Å²) in [6.45, 7) is 1.57. The summed E-state index contributed by atoms with van der Waals surface area (Å²) in [4.78, 5) is 45.4. The maximum absolute atomic E-state index is 13.6. The Hall–Kier alpha value is -3.19. The van der Waals surface area contributed by atoms with Crippen LogP contribution >= 0.6 is 0 Å². The second-order valence-electron chi connectivity index (χ2n) is 8.35. The van der Waals surface area contributed by atoms with Crippen molar-refractivity contribution >= 4 is 23.4 Å². The van der Waals surface area contributed by atoms with Gasteiger partial charge in [0.1, 0.15) is 0 Å². The lowest BCUT2D eigenvalue weighted by atomic mass is 9.94.